The largest absolute Gasteiger partial charge is 0.463 e. The van der Waals surface area contributed by atoms with Crippen LogP contribution in [0.2, 0.25) is 0 Å². The first-order valence-corrected chi connectivity index (χ1v) is 9.60. The molecule has 0 aromatic heterocycles. The van der Waals surface area contributed by atoms with Gasteiger partial charge in [-0.3, -0.25) is 4.72 Å². The van der Waals surface area contributed by atoms with Crippen LogP contribution in [0.4, 0.5) is 5.69 Å². The molecule has 136 valence electrons. The summed E-state index contributed by atoms with van der Waals surface area (Å²) < 4.78 is 32.5. The minimum absolute atomic E-state index is 0.192. The number of carbonyl (C=O) groups excluding carboxylic acids is 1. The van der Waals surface area contributed by atoms with Crippen molar-refractivity contribution in [1.29, 1.82) is 0 Å². The van der Waals surface area contributed by atoms with Gasteiger partial charge in [-0.05, 0) is 43.7 Å². The van der Waals surface area contributed by atoms with Crippen molar-refractivity contribution >= 4 is 27.8 Å². The molecule has 2 aromatic rings. The monoisotopic (exact) mass is 371 g/mol. The molecule has 0 saturated carbocycles. The summed E-state index contributed by atoms with van der Waals surface area (Å²) in [6.45, 7) is 3.87. The van der Waals surface area contributed by atoms with E-state index >= 15 is 0 Å². The van der Waals surface area contributed by atoms with Crippen molar-refractivity contribution < 1.29 is 17.9 Å². The molecule has 0 aliphatic carbocycles. The van der Waals surface area contributed by atoms with Gasteiger partial charge in [-0.25, -0.2) is 13.2 Å². The van der Waals surface area contributed by atoms with Crippen LogP contribution in [0, 0.1) is 0 Å². The van der Waals surface area contributed by atoms with Crippen LogP contribution in [0.3, 0.4) is 0 Å². The maximum atomic E-state index is 12.5. The highest BCUT2D eigenvalue weighted by atomic mass is 32.2. The highest BCUT2D eigenvalue weighted by molar-refractivity contribution is 7.92. The van der Waals surface area contributed by atoms with Gasteiger partial charge in [0.15, 0.2) is 0 Å². The number of esters is 1. The molecule has 0 saturated heterocycles. The number of rotatable bonds is 7. The summed E-state index contributed by atoms with van der Waals surface area (Å²) in [5.41, 5.74) is 1.93. The van der Waals surface area contributed by atoms with Gasteiger partial charge >= 0.3 is 5.97 Å². The molecule has 0 unspecified atom stereocenters. The van der Waals surface area contributed by atoms with Crippen LogP contribution in [0.1, 0.15) is 19.4 Å². The van der Waals surface area contributed by atoms with E-state index < -0.39 is 16.0 Å². The number of hydrogen-bond acceptors (Lipinski definition) is 4. The second kappa shape index (κ2) is 9.01. The molecule has 0 heterocycles. The Hall–Kier alpha value is -2.86. The third kappa shape index (κ3) is 5.60. The summed E-state index contributed by atoms with van der Waals surface area (Å²) in [4.78, 5) is 11.6. The van der Waals surface area contributed by atoms with Crippen LogP contribution >= 0.6 is 0 Å². The number of nitrogens with one attached hydrogen (secondary N) is 1. The topological polar surface area (TPSA) is 72.5 Å². The molecule has 0 fully saturated rings. The van der Waals surface area contributed by atoms with Crippen molar-refractivity contribution in [3.63, 3.8) is 0 Å². The molecule has 0 radical (unpaired) electrons. The van der Waals surface area contributed by atoms with Crippen molar-refractivity contribution in [2.24, 2.45) is 0 Å². The molecule has 2 aromatic carbocycles. The Morgan fingerprint density at radius 3 is 2.38 bits per heavy atom. The van der Waals surface area contributed by atoms with Crippen molar-refractivity contribution in [3.8, 4) is 0 Å². The van der Waals surface area contributed by atoms with Crippen LogP contribution in [-0.2, 0) is 19.6 Å². The molecule has 0 spiro atoms. The second-order valence-corrected chi connectivity index (χ2v) is 7.16. The van der Waals surface area contributed by atoms with Crippen molar-refractivity contribution in [3.05, 3.63) is 77.9 Å². The van der Waals surface area contributed by atoms with E-state index in [0.29, 0.717) is 17.9 Å². The Balaban J connectivity index is 2.25. The first-order chi connectivity index (χ1) is 12.4. The van der Waals surface area contributed by atoms with Gasteiger partial charge in [0, 0.05) is 6.08 Å². The summed E-state index contributed by atoms with van der Waals surface area (Å²) in [6, 6.07) is 15.2. The van der Waals surface area contributed by atoms with Crippen LogP contribution in [0.15, 0.2) is 77.2 Å². The zero-order valence-corrected chi connectivity index (χ0v) is 15.5. The lowest BCUT2D eigenvalue weighted by molar-refractivity contribution is -0.137. The molecule has 0 aliphatic rings. The van der Waals surface area contributed by atoms with Crippen molar-refractivity contribution in [2.75, 3.05) is 11.3 Å². The normalized spacial score (nSPS) is 12.2. The number of para-hydroxylation sites is 1. The van der Waals surface area contributed by atoms with Crippen LogP contribution in [0.25, 0.3) is 6.08 Å². The van der Waals surface area contributed by atoms with E-state index in [1.54, 1.807) is 55.5 Å². The maximum absolute atomic E-state index is 12.5. The summed E-state index contributed by atoms with van der Waals surface area (Å²) in [5.74, 6) is -0.418. The smallest absolute Gasteiger partial charge is 0.330 e. The molecule has 0 bridgehead atoms. The Morgan fingerprint density at radius 1 is 1.04 bits per heavy atom. The van der Waals surface area contributed by atoms with Gasteiger partial charge in [-0.15, -0.1) is 0 Å². The number of anilines is 1. The van der Waals surface area contributed by atoms with Gasteiger partial charge in [0.25, 0.3) is 10.0 Å². The lowest BCUT2D eigenvalue weighted by Crippen LogP contribution is -2.13. The van der Waals surface area contributed by atoms with E-state index in [2.05, 4.69) is 4.72 Å². The fourth-order valence-electron chi connectivity index (χ4n) is 2.20. The van der Waals surface area contributed by atoms with Gasteiger partial charge in [-0.2, -0.15) is 0 Å². The lowest BCUT2D eigenvalue weighted by Gasteiger charge is -2.11. The zero-order chi connectivity index (χ0) is 19.0. The molecule has 6 heteroatoms. The predicted octanol–water partition coefficient (Wildman–Crippen LogP) is 4.01. The molecular weight excluding hydrogens is 350 g/mol. The highest BCUT2D eigenvalue weighted by Gasteiger charge is 2.14. The molecule has 1 N–H and O–H groups in total. The van der Waals surface area contributed by atoms with E-state index in [1.807, 2.05) is 13.0 Å². The molecule has 0 aliphatic heterocycles. The quantitative estimate of drug-likeness (QED) is 0.453. The zero-order valence-electron chi connectivity index (χ0n) is 14.7. The fraction of sp³-hybridized carbons (Fsp3) is 0.150. The third-order valence-corrected chi connectivity index (χ3v) is 4.79. The molecule has 0 atom stereocenters. The fourth-order valence-corrected chi connectivity index (χ4v) is 3.31. The van der Waals surface area contributed by atoms with Gasteiger partial charge in [0.1, 0.15) is 0 Å². The second-order valence-electron chi connectivity index (χ2n) is 5.48. The highest BCUT2D eigenvalue weighted by Crippen LogP contribution is 2.22. The average molecular weight is 371 g/mol. The Bertz CT molecular complexity index is 916. The molecular formula is C20H21NO4S. The third-order valence-electron chi connectivity index (χ3n) is 3.41. The average Bonchev–Trinajstić information content (AvgIpc) is 2.62. The van der Waals surface area contributed by atoms with Gasteiger partial charge in [-0.1, -0.05) is 48.0 Å². The first-order valence-electron chi connectivity index (χ1n) is 8.12. The number of ether oxygens (including phenoxy) is 1. The standard InChI is InChI=1S/C20H21NO4S/c1-3-25-20(22)14-13-16(2)15-17-9-7-8-12-19(17)21-26(23,24)18-10-5-4-6-11-18/h4-15,21H,3H2,1-2H3. The molecule has 5 nitrogen and oxygen atoms in total. The number of sulfonamides is 1. The number of carbonyl (C=O) groups is 1. The summed E-state index contributed by atoms with van der Waals surface area (Å²) >= 11 is 0. The number of allylic oxidation sites excluding steroid dienone is 2. The minimum atomic E-state index is -3.68. The van der Waals surface area contributed by atoms with Crippen LogP contribution in [0.5, 0.6) is 0 Å². The number of hydrogen-bond donors (Lipinski definition) is 1. The van der Waals surface area contributed by atoms with Crippen LogP contribution < -0.4 is 4.72 Å². The lowest BCUT2D eigenvalue weighted by atomic mass is 10.1. The van der Waals surface area contributed by atoms with E-state index in [4.69, 9.17) is 4.74 Å². The Labute approximate surface area is 154 Å². The summed E-state index contributed by atoms with van der Waals surface area (Å²) in [6.07, 6.45) is 4.76. The van der Waals surface area contributed by atoms with Gasteiger partial charge < -0.3 is 4.74 Å². The van der Waals surface area contributed by atoms with E-state index in [1.165, 1.54) is 18.2 Å². The van der Waals surface area contributed by atoms with E-state index in [0.717, 1.165) is 5.57 Å². The van der Waals surface area contributed by atoms with Gasteiger partial charge in [0.2, 0.25) is 0 Å². The molecule has 26 heavy (non-hydrogen) atoms. The summed E-state index contributed by atoms with van der Waals surface area (Å²) in [7, 11) is -3.68. The van der Waals surface area contributed by atoms with Crippen molar-refractivity contribution in [2.45, 2.75) is 18.7 Å². The van der Waals surface area contributed by atoms with E-state index in [9.17, 15) is 13.2 Å². The molecule has 0 amide bonds. The number of benzene rings is 2. The van der Waals surface area contributed by atoms with Gasteiger partial charge in [0.05, 0.1) is 17.2 Å². The van der Waals surface area contributed by atoms with Crippen LogP contribution in [-0.4, -0.2) is 21.0 Å². The van der Waals surface area contributed by atoms with Crippen molar-refractivity contribution in [1.82, 2.24) is 0 Å². The summed E-state index contributed by atoms with van der Waals surface area (Å²) in [5, 5.41) is 0. The predicted molar refractivity (Wildman–Crippen MR) is 103 cm³/mol. The molecule has 2 rings (SSSR count). The minimum Gasteiger partial charge on any atom is -0.463 e. The maximum Gasteiger partial charge on any atom is 0.330 e. The first kappa shape index (κ1) is 19.5. The SMILES string of the molecule is CCOC(=O)C=CC(C)=Cc1ccccc1NS(=O)(=O)c1ccccc1. The Morgan fingerprint density at radius 2 is 1.69 bits per heavy atom. The Kier molecular flexibility index (Phi) is 6.74. The van der Waals surface area contributed by atoms with E-state index in [-0.39, 0.29) is 4.90 Å².